The predicted molar refractivity (Wildman–Crippen MR) is 120 cm³/mol. The molecule has 1 fully saturated rings. The van der Waals surface area contributed by atoms with Crippen molar-refractivity contribution in [1.82, 2.24) is 5.01 Å². The zero-order valence-electron chi connectivity index (χ0n) is 18.7. The third kappa shape index (κ3) is 6.24. The second-order valence-corrected chi connectivity index (χ2v) is 7.27. The van der Waals surface area contributed by atoms with E-state index in [0.29, 0.717) is 35.7 Å². The first-order valence-corrected chi connectivity index (χ1v) is 10.4. The van der Waals surface area contributed by atoms with Crippen LogP contribution < -0.4 is 24.3 Å². The van der Waals surface area contributed by atoms with Gasteiger partial charge in [-0.1, -0.05) is 0 Å². The number of carbonyl (C=O) groups is 1. The molecule has 2 aromatic rings. The van der Waals surface area contributed by atoms with Crippen molar-refractivity contribution in [2.24, 2.45) is 5.10 Å². The van der Waals surface area contributed by atoms with Gasteiger partial charge >= 0.3 is 6.61 Å². The van der Waals surface area contributed by atoms with E-state index in [1.54, 1.807) is 48.7 Å². The van der Waals surface area contributed by atoms with Crippen LogP contribution in [0.2, 0.25) is 0 Å². The van der Waals surface area contributed by atoms with Gasteiger partial charge in [0, 0.05) is 18.3 Å². The van der Waals surface area contributed by atoms with E-state index in [9.17, 15) is 13.6 Å². The van der Waals surface area contributed by atoms with Gasteiger partial charge in [0.1, 0.15) is 6.04 Å². The molecule has 3 rings (SSSR count). The number of amides is 1. The lowest BCUT2D eigenvalue weighted by Gasteiger charge is -2.32. The van der Waals surface area contributed by atoms with Gasteiger partial charge in [0.05, 0.1) is 27.5 Å². The largest absolute Gasteiger partial charge is 0.493 e. The standard InChI is InChI=1S/C23H27F2N3O5/c1-30-18-10-8-16(13-21(18)32-3)27-22(29)17-6-4-5-11-28(17)26-14-15-7-9-19(33-23(24)25)20(12-15)31-2/h7-10,12-14,17,23H,4-6,11H2,1-3H3,(H,27,29)/b26-14+. The summed E-state index contributed by atoms with van der Waals surface area (Å²) >= 11 is 0. The summed E-state index contributed by atoms with van der Waals surface area (Å²) in [5.41, 5.74) is 1.21. The van der Waals surface area contributed by atoms with Gasteiger partial charge in [0.25, 0.3) is 0 Å². The first-order valence-electron chi connectivity index (χ1n) is 10.4. The molecule has 0 spiro atoms. The second-order valence-electron chi connectivity index (χ2n) is 7.27. The van der Waals surface area contributed by atoms with Gasteiger partial charge in [0.15, 0.2) is 23.0 Å². The molecule has 1 heterocycles. The third-order valence-corrected chi connectivity index (χ3v) is 5.19. The Morgan fingerprint density at radius 2 is 1.73 bits per heavy atom. The molecule has 0 radical (unpaired) electrons. The molecule has 33 heavy (non-hydrogen) atoms. The quantitative estimate of drug-likeness (QED) is 0.563. The number of anilines is 1. The van der Waals surface area contributed by atoms with Crippen LogP contribution in [0.3, 0.4) is 0 Å². The molecule has 2 aromatic carbocycles. The summed E-state index contributed by atoms with van der Waals surface area (Å²) < 4.78 is 45.1. The van der Waals surface area contributed by atoms with Gasteiger partial charge in [-0.05, 0) is 55.2 Å². The molecule has 1 aliphatic heterocycles. The monoisotopic (exact) mass is 463 g/mol. The summed E-state index contributed by atoms with van der Waals surface area (Å²) in [6.45, 7) is -2.33. The fraction of sp³-hybridized carbons (Fsp3) is 0.391. The molecule has 1 aliphatic rings. The average Bonchev–Trinajstić information content (AvgIpc) is 2.83. The van der Waals surface area contributed by atoms with E-state index in [-0.39, 0.29) is 17.4 Å². The lowest BCUT2D eigenvalue weighted by molar-refractivity contribution is -0.122. The fourth-order valence-electron chi connectivity index (χ4n) is 3.56. The molecular formula is C23H27F2N3O5. The minimum absolute atomic E-state index is 0.0604. The molecule has 1 atom stereocenters. The van der Waals surface area contributed by atoms with E-state index in [2.05, 4.69) is 15.2 Å². The molecule has 1 unspecified atom stereocenters. The normalized spacial score (nSPS) is 16.1. The maximum absolute atomic E-state index is 13.0. The molecule has 178 valence electrons. The van der Waals surface area contributed by atoms with Crippen molar-refractivity contribution in [3.05, 3.63) is 42.0 Å². The maximum Gasteiger partial charge on any atom is 0.387 e. The Labute approximate surface area is 191 Å². The van der Waals surface area contributed by atoms with E-state index in [4.69, 9.17) is 14.2 Å². The number of alkyl halides is 2. The van der Waals surface area contributed by atoms with Gasteiger partial charge in [-0.3, -0.25) is 9.80 Å². The van der Waals surface area contributed by atoms with Gasteiger partial charge in [-0.2, -0.15) is 13.9 Å². The number of nitrogens with one attached hydrogen (secondary N) is 1. The number of nitrogens with zero attached hydrogens (tertiary/aromatic N) is 2. The molecule has 1 amide bonds. The number of hydrogen-bond donors (Lipinski definition) is 1. The summed E-state index contributed by atoms with van der Waals surface area (Å²) in [6.07, 6.45) is 4.03. The molecule has 0 aliphatic carbocycles. The second kappa shape index (κ2) is 11.3. The first-order chi connectivity index (χ1) is 15.9. The summed E-state index contributed by atoms with van der Waals surface area (Å²) in [5, 5.41) is 9.13. The summed E-state index contributed by atoms with van der Waals surface area (Å²) in [7, 11) is 4.44. The topological polar surface area (TPSA) is 81.6 Å². The average molecular weight is 463 g/mol. The van der Waals surface area contributed by atoms with Crippen LogP contribution in [0.1, 0.15) is 24.8 Å². The summed E-state index contributed by atoms with van der Waals surface area (Å²) in [4.78, 5) is 13.0. The Morgan fingerprint density at radius 1 is 1.03 bits per heavy atom. The van der Waals surface area contributed by atoms with Crippen LogP contribution in [-0.2, 0) is 4.79 Å². The van der Waals surface area contributed by atoms with Crippen molar-refractivity contribution in [2.45, 2.75) is 31.9 Å². The molecule has 0 bridgehead atoms. The van der Waals surface area contributed by atoms with Crippen LogP contribution in [0.25, 0.3) is 0 Å². The van der Waals surface area contributed by atoms with Crippen molar-refractivity contribution < 1.29 is 32.5 Å². The number of ether oxygens (including phenoxy) is 4. The number of carbonyl (C=O) groups excluding carboxylic acids is 1. The lowest BCUT2D eigenvalue weighted by atomic mass is 10.0. The summed E-state index contributed by atoms with van der Waals surface area (Å²) in [5.74, 6) is 1.01. The molecule has 1 saturated heterocycles. The highest BCUT2D eigenvalue weighted by atomic mass is 19.3. The van der Waals surface area contributed by atoms with Crippen LogP contribution in [0, 0.1) is 0 Å². The molecule has 8 nitrogen and oxygen atoms in total. The van der Waals surface area contributed by atoms with Gasteiger partial charge < -0.3 is 24.3 Å². The van der Waals surface area contributed by atoms with Gasteiger partial charge in [-0.25, -0.2) is 0 Å². The summed E-state index contributed by atoms with van der Waals surface area (Å²) in [6, 6.07) is 9.24. The Hall–Kier alpha value is -3.56. The third-order valence-electron chi connectivity index (χ3n) is 5.19. The number of halogens is 2. The molecule has 0 saturated carbocycles. The Kier molecular flexibility index (Phi) is 8.28. The highest BCUT2D eigenvalue weighted by Gasteiger charge is 2.28. The molecular weight excluding hydrogens is 436 g/mol. The molecule has 10 heteroatoms. The van der Waals surface area contributed by atoms with E-state index in [0.717, 1.165) is 12.8 Å². The smallest absolute Gasteiger partial charge is 0.387 e. The Bertz CT molecular complexity index is 987. The van der Waals surface area contributed by atoms with Crippen LogP contribution in [0.5, 0.6) is 23.0 Å². The zero-order chi connectivity index (χ0) is 23.8. The zero-order valence-corrected chi connectivity index (χ0v) is 18.7. The van der Waals surface area contributed by atoms with E-state index < -0.39 is 12.7 Å². The number of methoxy groups -OCH3 is 3. The maximum atomic E-state index is 13.0. The van der Waals surface area contributed by atoms with Crippen molar-refractivity contribution in [2.75, 3.05) is 33.2 Å². The van der Waals surface area contributed by atoms with E-state index >= 15 is 0 Å². The van der Waals surface area contributed by atoms with E-state index in [1.807, 2.05) is 0 Å². The van der Waals surface area contributed by atoms with E-state index in [1.165, 1.54) is 20.3 Å². The number of hydrazone groups is 1. The Balaban J connectivity index is 1.72. The Morgan fingerprint density at radius 3 is 2.42 bits per heavy atom. The van der Waals surface area contributed by atoms with Gasteiger partial charge in [0.2, 0.25) is 5.91 Å². The van der Waals surface area contributed by atoms with Crippen molar-refractivity contribution in [3.63, 3.8) is 0 Å². The predicted octanol–water partition coefficient (Wildman–Crippen LogP) is 4.14. The molecule has 1 N–H and O–H groups in total. The minimum atomic E-state index is -2.95. The first kappa shape index (κ1) is 24.1. The van der Waals surface area contributed by atoms with Crippen LogP contribution >= 0.6 is 0 Å². The van der Waals surface area contributed by atoms with Crippen molar-refractivity contribution in [1.29, 1.82) is 0 Å². The minimum Gasteiger partial charge on any atom is -0.493 e. The van der Waals surface area contributed by atoms with Gasteiger partial charge in [-0.15, -0.1) is 0 Å². The van der Waals surface area contributed by atoms with Crippen LogP contribution in [0.15, 0.2) is 41.5 Å². The SMILES string of the molecule is COc1ccc(NC(=O)C2CCCCN2/N=C/c2ccc(OC(F)F)c(OC)c2)cc1OC. The number of piperidine rings is 1. The number of rotatable bonds is 9. The number of benzene rings is 2. The highest BCUT2D eigenvalue weighted by molar-refractivity contribution is 5.95. The fourth-order valence-corrected chi connectivity index (χ4v) is 3.56. The van der Waals surface area contributed by atoms with Crippen LogP contribution in [-0.4, -0.2) is 57.7 Å². The van der Waals surface area contributed by atoms with Crippen molar-refractivity contribution in [3.8, 4) is 23.0 Å². The van der Waals surface area contributed by atoms with Crippen molar-refractivity contribution >= 4 is 17.8 Å². The molecule has 0 aromatic heterocycles. The number of hydrogen-bond acceptors (Lipinski definition) is 7. The van der Waals surface area contributed by atoms with Crippen LogP contribution in [0.4, 0.5) is 14.5 Å². The lowest BCUT2D eigenvalue weighted by Crippen LogP contribution is -2.44. The highest BCUT2D eigenvalue weighted by Crippen LogP contribution is 2.31.